The van der Waals surface area contributed by atoms with Crippen molar-refractivity contribution in [2.45, 2.75) is 17.8 Å². The fraction of sp³-hybridized carbons (Fsp3) is 0.100. The first-order valence-corrected chi connectivity index (χ1v) is 9.67. The van der Waals surface area contributed by atoms with Crippen LogP contribution in [0.25, 0.3) is 11.3 Å². The monoisotopic (exact) mass is 420 g/mol. The van der Waals surface area contributed by atoms with Crippen LogP contribution in [0.15, 0.2) is 53.7 Å². The maximum Gasteiger partial charge on any atom is 0.269 e. The highest BCUT2D eigenvalue weighted by atomic mass is 32.2. The zero-order valence-corrected chi connectivity index (χ0v) is 16.6. The van der Waals surface area contributed by atoms with Gasteiger partial charge in [-0.05, 0) is 17.7 Å². The van der Waals surface area contributed by atoms with E-state index in [9.17, 15) is 20.2 Å². The molecule has 0 atom stereocenters. The molecule has 3 rings (SSSR count). The zero-order chi connectivity index (χ0) is 21.7. The number of carbonyl (C=O) groups is 1. The Balaban J connectivity index is 1.88. The number of aromatic nitrogens is 2. The molecule has 0 saturated heterocycles. The van der Waals surface area contributed by atoms with Gasteiger partial charge in [0.2, 0.25) is 5.91 Å². The van der Waals surface area contributed by atoms with Crippen LogP contribution in [0.2, 0.25) is 0 Å². The molecule has 10 heteroatoms. The van der Waals surface area contributed by atoms with E-state index in [1.807, 2.05) is 6.07 Å². The van der Waals surface area contributed by atoms with E-state index in [1.165, 1.54) is 30.8 Å². The minimum Gasteiger partial charge on any atom is -0.382 e. The Morgan fingerprint density at radius 1 is 1.27 bits per heavy atom. The lowest BCUT2D eigenvalue weighted by Crippen LogP contribution is -2.05. The van der Waals surface area contributed by atoms with Gasteiger partial charge in [0.15, 0.2) is 5.16 Å². The number of nitrogens with zero attached hydrogens (tertiary/aromatic N) is 4. The predicted octanol–water partition coefficient (Wildman–Crippen LogP) is 3.76. The van der Waals surface area contributed by atoms with Crippen LogP contribution in [0.1, 0.15) is 18.1 Å². The molecule has 1 heterocycles. The van der Waals surface area contributed by atoms with E-state index >= 15 is 0 Å². The SMILES string of the molecule is CC(=O)Nc1ccc(-c2nc(SCc3cccc([N+](=O)[O-])c3)nc(N)c2C#N)cc1. The molecule has 0 saturated carbocycles. The molecule has 0 spiro atoms. The summed E-state index contributed by atoms with van der Waals surface area (Å²) in [5.74, 6) is 0.259. The molecular weight excluding hydrogens is 404 g/mol. The number of thioether (sulfide) groups is 1. The first kappa shape index (κ1) is 20.8. The Hall–Kier alpha value is -3.97. The molecule has 2 aromatic carbocycles. The summed E-state index contributed by atoms with van der Waals surface area (Å²) in [7, 11) is 0. The van der Waals surface area contributed by atoms with E-state index in [0.717, 1.165) is 5.56 Å². The summed E-state index contributed by atoms with van der Waals surface area (Å²) in [4.78, 5) is 30.3. The van der Waals surface area contributed by atoms with Gasteiger partial charge in [0.1, 0.15) is 17.5 Å². The molecule has 3 aromatic rings. The molecule has 0 radical (unpaired) electrons. The third-order valence-corrected chi connectivity index (χ3v) is 4.91. The Kier molecular flexibility index (Phi) is 6.24. The van der Waals surface area contributed by atoms with Crippen molar-refractivity contribution < 1.29 is 9.72 Å². The van der Waals surface area contributed by atoms with E-state index in [1.54, 1.807) is 36.4 Å². The molecule has 30 heavy (non-hydrogen) atoms. The van der Waals surface area contributed by atoms with Crippen molar-refractivity contribution in [2.75, 3.05) is 11.1 Å². The van der Waals surface area contributed by atoms with E-state index in [4.69, 9.17) is 5.73 Å². The summed E-state index contributed by atoms with van der Waals surface area (Å²) in [5, 5.41) is 23.4. The normalized spacial score (nSPS) is 10.3. The molecule has 0 aliphatic heterocycles. The molecule has 3 N–H and O–H groups in total. The van der Waals surface area contributed by atoms with Gasteiger partial charge in [-0.1, -0.05) is 36.0 Å². The quantitative estimate of drug-likeness (QED) is 0.265. The van der Waals surface area contributed by atoms with Crippen LogP contribution < -0.4 is 11.1 Å². The van der Waals surface area contributed by atoms with Gasteiger partial charge in [0.25, 0.3) is 5.69 Å². The van der Waals surface area contributed by atoms with Crippen LogP contribution in [0.5, 0.6) is 0 Å². The van der Waals surface area contributed by atoms with Crippen molar-refractivity contribution in [3.05, 3.63) is 69.8 Å². The molecule has 1 amide bonds. The average molecular weight is 420 g/mol. The topological polar surface area (TPSA) is 148 Å². The summed E-state index contributed by atoms with van der Waals surface area (Å²) in [5.41, 5.74) is 8.50. The number of nitrogens with two attached hydrogens (primary N) is 1. The van der Waals surface area contributed by atoms with Crippen molar-refractivity contribution in [1.82, 2.24) is 9.97 Å². The van der Waals surface area contributed by atoms with Gasteiger partial charge in [0.05, 0.1) is 10.6 Å². The first-order valence-electron chi connectivity index (χ1n) is 8.69. The highest BCUT2D eigenvalue weighted by Crippen LogP contribution is 2.30. The molecule has 9 nitrogen and oxygen atoms in total. The highest BCUT2D eigenvalue weighted by molar-refractivity contribution is 7.98. The summed E-state index contributed by atoms with van der Waals surface area (Å²) >= 11 is 1.26. The Labute approximate surface area is 176 Å². The largest absolute Gasteiger partial charge is 0.382 e. The second kappa shape index (κ2) is 9.02. The van der Waals surface area contributed by atoms with Crippen LogP contribution in [0.3, 0.4) is 0 Å². The van der Waals surface area contributed by atoms with Gasteiger partial charge >= 0.3 is 0 Å². The fourth-order valence-corrected chi connectivity index (χ4v) is 3.46. The van der Waals surface area contributed by atoms with Gasteiger partial charge in [-0.15, -0.1) is 0 Å². The summed E-state index contributed by atoms with van der Waals surface area (Å²) in [6.07, 6.45) is 0. The van der Waals surface area contributed by atoms with E-state index in [-0.39, 0.29) is 23.0 Å². The summed E-state index contributed by atoms with van der Waals surface area (Å²) in [6, 6.07) is 15.2. The number of carbonyl (C=O) groups excluding carboxylic acids is 1. The number of non-ortho nitro benzene ring substituents is 1. The number of nitro benzene ring substituents is 1. The zero-order valence-electron chi connectivity index (χ0n) is 15.8. The van der Waals surface area contributed by atoms with Crippen LogP contribution in [-0.2, 0) is 10.5 Å². The van der Waals surface area contributed by atoms with Gasteiger partial charge in [0, 0.05) is 36.1 Å². The van der Waals surface area contributed by atoms with E-state index in [2.05, 4.69) is 15.3 Å². The lowest BCUT2D eigenvalue weighted by atomic mass is 10.1. The molecule has 1 aromatic heterocycles. The number of hydrogen-bond donors (Lipinski definition) is 2. The molecular formula is C20H16N6O3S. The van der Waals surface area contributed by atoms with Gasteiger partial charge < -0.3 is 11.1 Å². The molecule has 150 valence electrons. The van der Waals surface area contributed by atoms with Gasteiger partial charge in [-0.25, -0.2) is 9.97 Å². The smallest absolute Gasteiger partial charge is 0.269 e. The van der Waals surface area contributed by atoms with Crippen molar-refractivity contribution in [3.8, 4) is 17.3 Å². The summed E-state index contributed by atoms with van der Waals surface area (Å²) < 4.78 is 0. The van der Waals surface area contributed by atoms with Gasteiger partial charge in [-0.3, -0.25) is 14.9 Å². The Morgan fingerprint density at radius 3 is 2.63 bits per heavy atom. The summed E-state index contributed by atoms with van der Waals surface area (Å²) in [6.45, 7) is 1.41. The molecule has 0 bridgehead atoms. The number of nitrogen functional groups attached to an aromatic ring is 1. The average Bonchev–Trinajstić information content (AvgIpc) is 2.72. The minimum absolute atomic E-state index is 0.00769. The first-order chi connectivity index (χ1) is 14.4. The maximum atomic E-state index is 11.2. The van der Waals surface area contributed by atoms with Crippen LogP contribution in [-0.4, -0.2) is 20.8 Å². The third-order valence-electron chi connectivity index (χ3n) is 4.00. The van der Waals surface area contributed by atoms with E-state index in [0.29, 0.717) is 27.9 Å². The number of anilines is 2. The third kappa shape index (κ3) is 4.89. The van der Waals surface area contributed by atoms with Crippen LogP contribution in [0.4, 0.5) is 17.2 Å². The fourth-order valence-electron chi connectivity index (χ4n) is 2.66. The standard InChI is InChI=1S/C20H16N6O3S/c1-12(27)23-15-7-5-14(6-8-15)18-17(10-21)19(22)25-20(24-18)30-11-13-3-2-4-16(9-13)26(28)29/h2-9H,11H2,1H3,(H,23,27)(H2,22,24,25). The molecule has 0 unspecified atom stereocenters. The molecule has 0 aliphatic carbocycles. The molecule has 0 fully saturated rings. The number of benzene rings is 2. The lowest BCUT2D eigenvalue weighted by molar-refractivity contribution is -0.384. The maximum absolute atomic E-state index is 11.2. The predicted molar refractivity (Wildman–Crippen MR) is 114 cm³/mol. The molecule has 0 aliphatic rings. The number of nitriles is 1. The minimum atomic E-state index is -0.451. The Morgan fingerprint density at radius 2 is 2.00 bits per heavy atom. The second-order valence-corrected chi connectivity index (χ2v) is 7.14. The highest BCUT2D eigenvalue weighted by Gasteiger charge is 2.15. The number of rotatable bonds is 6. The Bertz CT molecular complexity index is 1160. The van der Waals surface area contributed by atoms with Crippen molar-refractivity contribution in [2.24, 2.45) is 0 Å². The van der Waals surface area contributed by atoms with Crippen molar-refractivity contribution >= 4 is 34.9 Å². The van der Waals surface area contributed by atoms with Crippen LogP contribution >= 0.6 is 11.8 Å². The van der Waals surface area contributed by atoms with E-state index < -0.39 is 4.92 Å². The number of hydrogen-bond acceptors (Lipinski definition) is 8. The van der Waals surface area contributed by atoms with Gasteiger partial charge in [-0.2, -0.15) is 5.26 Å². The van der Waals surface area contributed by atoms with Crippen molar-refractivity contribution in [3.63, 3.8) is 0 Å². The second-order valence-electron chi connectivity index (χ2n) is 6.20. The van der Waals surface area contributed by atoms with Crippen molar-refractivity contribution in [1.29, 1.82) is 5.26 Å². The lowest BCUT2D eigenvalue weighted by Gasteiger charge is -2.09. The van der Waals surface area contributed by atoms with Crippen LogP contribution in [0, 0.1) is 21.4 Å². The number of nitrogens with one attached hydrogen (secondary N) is 1. The number of amides is 1. The number of nitro groups is 1.